The number of aliphatic hydroxyl groups excluding tert-OH is 1. The summed E-state index contributed by atoms with van der Waals surface area (Å²) in [7, 11) is 1.54. The molecule has 1 atom stereocenters. The average Bonchev–Trinajstić information content (AvgIpc) is 3.00. The Bertz CT molecular complexity index is 1080. The Balaban J connectivity index is 2.10. The predicted molar refractivity (Wildman–Crippen MR) is 114 cm³/mol. The molecule has 1 saturated heterocycles. The third-order valence-electron chi connectivity index (χ3n) is 5.18. The van der Waals surface area contributed by atoms with E-state index in [0.29, 0.717) is 29.9 Å². The Kier molecular flexibility index (Phi) is 7.05. The molecule has 0 aromatic heterocycles. The van der Waals surface area contributed by atoms with Crippen LogP contribution in [0.1, 0.15) is 36.1 Å². The summed E-state index contributed by atoms with van der Waals surface area (Å²) in [5.74, 6) is -2.55. The molecule has 168 valence electrons. The summed E-state index contributed by atoms with van der Waals surface area (Å²) in [6.07, 6.45) is 0.487. The van der Waals surface area contributed by atoms with E-state index < -0.39 is 29.5 Å². The summed E-state index contributed by atoms with van der Waals surface area (Å²) in [6.45, 7) is 3.44. The van der Waals surface area contributed by atoms with Crippen LogP contribution in [0.4, 0.5) is 4.39 Å². The summed E-state index contributed by atoms with van der Waals surface area (Å²) < 4.78 is 23.8. The fourth-order valence-electron chi connectivity index (χ4n) is 3.67. The molecule has 1 unspecified atom stereocenters. The Labute approximate surface area is 185 Å². The molecule has 1 heterocycles. The number of likely N-dealkylation sites (tertiary alicyclic amines) is 1. The molecule has 2 aromatic rings. The van der Waals surface area contributed by atoms with E-state index in [2.05, 4.69) is 0 Å². The molecule has 0 radical (unpaired) electrons. The third kappa shape index (κ3) is 4.70. The number of esters is 1. The van der Waals surface area contributed by atoms with Gasteiger partial charge in [-0.25, -0.2) is 4.39 Å². The predicted octanol–water partition coefficient (Wildman–Crippen LogP) is 3.52. The van der Waals surface area contributed by atoms with Gasteiger partial charge in [0, 0.05) is 32.7 Å². The first kappa shape index (κ1) is 23.1. The van der Waals surface area contributed by atoms with Crippen molar-refractivity contribution in [2.75, 3.05) is 20.3 Å². The van der Waals surface area contributed by atoms with Gasteiger partial charge in [0.2, 0.25) is 0 Å². The maximum absolute atomic E-state index is 13.7. The van der Waals surface area contributed by atoms with Gasteiger partial charge in [0.25, 0.3) is 11.7 Å². The van der Waals surface area contributed by atoms with Crippen LogP contribution in [0.5, 0.6) is 5.75 Å². The van der Waals surface area contributed by atoms with Crippen LogP contribution in [-0.2, 0) is 19.1 Å². The topological polar surface area (TPSA) is 93.1 Å². The molecule has 0 saturated carbocycles. The molecular weight excluding hydrogens is 417 g/mol. The van der Waals surface area contributed by atoms with E-state index in [1.807, 2.05) is 0 Å². The van der Waals surface area contributed by atoms with E-state index in [-0.39, 0.29) is 23.4 Å². The van der Waals surface area contributed by atoms with Crippen molar-refractivity contribution < 1.29 is 33.4 Å². The molecule has 0 aliphatic carbocycles. The van der Waals surface area contributed by atoms with Gasteiger partial charge in [0.1, 0.15) is 17.3 Å². The summed E-state index contributed by atoms with van der Waals surface area (Å²) in [4.78, 5) is 38.3. The van der Waals surface area contributed by atoms with E-state index in [1.54, 1.807) is 31.2 Å². The van der Waals surface area contributed by atoms with E-state index in [9.17, 15) is 23.9 Å². The molecule has 0 bridgehead atoms. The molecule has 32 heavy (non-hydrogen) atoms. The number of aliphatic hydroxyl groups is 1. The SMILES string of the molecule is COCCCN1C(=O)C(=O)/C(=C(\O)c2ccc(F)c(C)c2)C1c1ccc(OC(C)=O)cc1. The van der Waals surface area contributed by atoms with Crippen molar-refractivity contribution in [3.63, 3.8) is 0 Å². The molecule has 2 aromatic carbocycles. The summed E-state index contributed by atoms with van der Waals surface area (Å²) in [6, 6.07) is 9.47. The van der Waals surface area contributed by atoms with Gasteiger partial charge in [0.05, 0.1) is 11.6 Å². The molecule has 1 aliphatic heterocycles. The number of nitrogens with zero attached hydrogens (tertiary/aromatic N) is 1. The number of carbonyl (C=O) groups excluding carboxylic acids is 3. The summed E-state index contributed by atoms with van der Waals surface area (Å²) in [5.41, 5.74) is 1.00. The second-order valence-corrected chi connectivity index (χ2v) is 7.47. The van der Waals surface area contributed by atoms with Gasteiger partial charge >= 0.3 is 5.97 Å². The van der Waals surface area contributed by atoms with Crippen molar-refractivity contribution in [2.45, 2.75) is 26.3 Å². The first-order chi connectivity index (χ1) is 15.2. The summed E-state index contributed by atoms with van der Waals surface area (Å²) in [5, 5.41) is 11.0. The monoisotopic (exact) mass is 441 g/mol. The van der Waals surface area contributed by atoms with Gasteiger partial charge in [-0.15, -0.1) is 0 Å². The Morgan fingerprint density at radius 1 is 1.16 bits per heavy atom. The number of rotatable bonds is 7. The maximum Gasteiger partial charge on any atom is 0.308 e. The van der Waals surface area contributed by atoms with Crippen LogP contribution in [0.2, 0.25) is 0 Å². The fraction of sp³-hybridized carbons (Fsp3) is 0.292. The standard InChI is InChI=1S/C24H24FNO6/c1-14-13-17(7-10-19(14)25)22(28)20-21(16-5-8-18(9-6-16)32-15(2)27)26(11-4-12-31-3)24(30)23(20)29/h5-10,13,21,28H,4,11-12H2,1-3H3/b22-20-. The fourth-order valence-corrected chi connectivity index (χ4v) is 3.67. The van der Waals surface area contributed by atoms with E-state index in [0.717, 1.165) is 0 Å². The first-order valence-electron chi connectivity index (χ1n) is 10.1. The third-order valence-corrected chi connectivity index (χ3v) is 5.18. The van der Waals surface area contributed by atoms with Gasteiger partial charge in [0.15, 0.2) is 0 Å². The Morgan fingerprint density at radius 3 is 2.44 bits per heavy atom. The van der Waals surface area contributed by atoms with Gasteiger partial charge in [-0.1, -0.05) is 12.1 Å². The van der Waals surface area contributed by atoms with Crippen LogP contribution in [0.3, 0.4) is 0 Å². The van der Waals surface area contributed by atoms with Gasteiger partial charge < -0.3 is 19.5 Å². The van der Waals surface area contributed by atoms with Crippen LogP contribution >= 0.6 is 0 Å². The molecule has 1 fully saturated rings. The van der Waals surface area contributed by atoms with Crippen molar-refractivity contribution in [3.8, 4) is 5.75 Å². The van der Waals surface area contributed by atoms with Gasteiger partial charge in [-0.2, -0.15) is 0 Å². The number of aryl methyl sites for hydroxylation is 1. The number of ether oxygens (including phenoxy) is 2. The maximum atomic E-state index is 13.7. The highest BCUT2D eigenvalue weighted by atomic mass is 19.1. The number of ketones is 1. The number of benzene rings is 2. The highest BCUT2D eigenvalue weighted by molar-refractivity contribution is 6.46. The largest absolute Gasteiger partial charge is 0.507 e. The average molecular weight is 441 g/mol. The van der Waals surface area contributed by atoms with Crippen molar-refractivity contribution in [1.29, 1.82) is 0 Å². The molecule has 3 rings (SSSR count). The van der Waals surface area contributed by atoms with E-state index >= 15 is 0 Å². The number of methoxy groups -OCH3 is 1. The van der Waals surface area contributed by atoms with Crippen LogP contribution in [0.15, 0.2) is 48.0 Å². The van der Waals surface area contributed by atoms with Crippen LogP contribution in [-0.4, -0.2) is 47.9 Å². The van der Waals surface area contributed by atoms with Crippen LogP contribution in [0, 0.1) is 12.7 Å². The highest BCUT2D eigenvalue weighted by Gasteiger charge is 2.45. The van der Waals surface area contributed by atoms with Crippen molar-refractivity contribution in [1.82, 2.24) is 4.90 Å². The van der Waals surface area contributed by atoms with Crippen molar-refractivity contribution >= 4 is 23.4 Å². The van der Waals surface area contributed by atoms with Gasteiger partial charge in [-0.05, 0) is 54.8 Å². The van der Waals surface area contributed by atoms with Crippen LogP contribution < -0.4 is 4.74 Å². The lowest BCUT2D eigenvalue weighted by molar-refractivity contribution is -0.140. The molecule has 1 amide bonds. The van der Waals surface area contributed by atoms with Crippen LogP contribution in [0.25, 0.3) is 5.76 Å². The smallest absolute Gasteiger partial charge is 0.308 e. The zero-order valence-corrected chi connectivity index (χ0v) is 18.1. The number of halogens is 1. The Hall–Kier alpha value is -3.52. The second kappa shape index (κ2) is 9.74. The van der Waals surface area contributed by atoms with Crippen molar-refractivity contribution in [3.05, 3.63) is 70.5 Å². The lowest BCUT2D eigenvalue weighted by Gasteiger charge is -2.25. The lowest BCUT2D eigenvalue weighted by atomic mass is 9.94. The second-order valence-electron chi connectivity index (χ2n) is 7.47. The Morgan fingerprint density at radius 2 is 1.84 bits per heavy atom. The lowest BCUT2D eigenvalue weighted by Crippen LogP contribution is -2.31. The number of carbonyl (C=O) groups is 3. The zero-order valence-electron chi connectivity index (χ0n) is 18.1. The number of hydrogen-bond acceptors (Lipinski definition) is 6. The van der Waals surface area contributed by atoms with E-state index in [1.165, 1.54) is 37.1 Å². The van der Waals surface area contributed by atoms with Gasteiger partial charge in [-0.3, -0.25) is 14.4 Å². The molecule has 8 heteroatoms. The quantitative estimate of drug-likeness (QED) is 0.177. The molecule has 7 nitrogen and oxygen atoms in total. The number of hydrogen-bond donors (Lipinski definition) is 1. The minimum absolute atomic E-state index is 0.0846. The van der Waals surface area contributed by atoms with Crippen molar-refractivity contribution in [2.24, 2.45) is 0 Å². The summed E-state index contributed by atoms with van der Waals surface area (Å²) >= 11 is 0. The molecule has 0 spiro atoms. The highest BCUT2D eigenvalue weighted by Crippen LogP contribution is 2.40. The zero-order chi connectivity index (χ0) is 23.4. The normalized spacial score (nSPS) is 17.6. The number of amides is 1. The minimum Gasteiger partial charge on any atom is -0.507 e. The first-order valence-corrected chi connectivity index (χ1v) is 10.1. The minimum atomic E-state index is -0.858. The molecule has 1 aliphatic rings. The molecule has 1 N–H and O–H groups in total. The van der Waals surface area contributed by atoms with E-state index in [4.69, 9.17) is 9.47 Å². The molecular formula is C24H24FNO6. The number of Topliss-reactive ketones (excluding diaryl/α,β-unsaturated/α-hetero) is 1.